The average molecular weight is 489 g/mol. The van der Waals surface area contributed by atoms with Gasteiger partial charge in [-0.1, -0.05) is 25.1 Å². The summed E-state index contributed by atoms with van der Waals surface area (Å²) in [6.45, 7) is 5.04. The van der Waals surface area contributed by atoms with Crippen molar-refractivity contribution in [1.29, 1.82) is 0 Å². The minimum atomic E-state index is -0.420. The molecule has 0 aliphatic carbocycles. The Kier molecular flexibility index (Phi) is 6.32. The number of aryl methyl sites for hydroxylation is 1. The van der Waals surface area contributed by atoms with Crippen molar-refractivity contribution in [3.05, 3.63) is 59.7 Å². The van der Waals surface area contributed by atoms with Gasteiger partial charge in [0.1, 0.15) is 17.0 Å². The van der Waals surface area contributed by atoms with Crippen molar-refractivity contribution < 1.29 is 14.3 Å². The maximum Gasteiger partial charge on any atom is 0.233 e. The second-order valence-corrected chi connectivity index (χ2v) is 9.15. The molecule has 186 valence electrons. The Bertz CT molecular complexity index is 1470. The van der Waals surface area contributed by atoms with Gasteiger partial charge in [-0.05, 0) is 54.7 Å². The molecule has 0 bridgehead atoms. The minimum absolute atomic E-state index is 0.0166. The molecule has 9 heteroatoms. The van der Waals surface area contributed by atoms with E-state index in [4.69, 9.17) is 0 Å². The molecule has 0 fully saturated rings. The van der Waals surface area contributed by atoms with Crippen LogP contribution in [0.25, 0.3) is 39.1 Å². The molecular formula is C27H29FN6O2. The van der Waals surface area contributed by atoms with Gasteiger partial charge in [0.2, 0.25) is 5.91 Å². The van der Waals surface area contributed by atoms with Crippen LogP contribution in [0, 0.1) is 5.82 Å². The molecule has 2 aromatic carbocycles. The summed E-state index contributed by atoms with van der Waals surface area (Å²) in [5.41, 5.74) is 4.80. The fourth-order valence-corrected chi connectivity index (χ4v) is 4.75. The van der Waals surface area contributed by atoms with Gasteiger partial charge in [0.15, 0.2) is 11.6 Å². The number of aromatic amines is 2. The number of hydrogen-bond acceptors (Lipinski definition) is 5. The molecule has 0 saturated heterocycles. The highest BCUT2D eigenvalue weighted by Crippen LogP contribution is 2.35. The molecule has 36 heavy (non-hydrogen) atoms. The number of phenols is 1. The quantitative estimate of drug-likeness (QED) is 0.324. The van der Waals surface area contributed by atoms with Gasteiger partial charge in [-0.15, -0.1) is 0 Å². The van der Waals surface area contributed by atoms with Crippen molar-refractivity contribution in [2.45, 2.75) is 32.7 Å². The minimum Gasteiger partial charge on any atom is -0.508 e. The summed E-state index contributed by atoms with van der Waals surface area (Å²) in [6, 6.07) is 8.81. The molecule has 0 radical (unpaired) electrons. The Hall–Kier alpha value is -3.98. The number of halogens is 1. The molecular weight excluding hydrogens is 459 g/mol. The number of carbonyl (C=O) groups excluding carboxylic acids is 1. The molecule has 4 aromatic rings. The standard InChI is InChI=1S/C27H29FN6O2/c1-4-16-11-18(35)7-8-19(16)20-9-10-21-25(24(20)28)32-33-26(21)27-30-12-22(31-27)17-6-5-15(2)34(13-17)14-23(36)29-3/h6-12,15,35H,4-5,13-14H2,1-3H3,(H,29,36)(H,30,31)(H,32,33)/t15-/m0/s1. The number of benzene rings is 2. The Balaban J connectivity index is 1.45. The van der Waals surface area contributed by atoms with Crippen LogP contribution in [0.5, 0.6) is 5.75 Å². The van der Waals surface area contributed by atoms with E-state index in [2.05, 4.69) is 43.4 Å². The first-order valence-corrected chi connectivity index (χ1v) is 12.1. The van der Waals surface area contributed by atoms with E-state index in [9.17, 15) is 9.90 Å². The van der Waals surface area contributed by atoms with Crippen LogP contribution < -0.4 is 5.32 Å². The first-order valence-electron chi connectivity index (χ1n) is 12.1. The summed E-state index contributed by atoms with van der Waals surface area (Å²) in [7, 11) is 1.64. The molecule has 4 N–H and O–H groups in total. The van der Waals surface area contributed by atoms with E-state index < -0.39 is 5.82 Å². The monoisotopic (exact) mass is 488 g/mol. The predicted molar refractivity (Wildman–Crippen MR) is 138 cm³/mol. The summed E-state index contributed by atoms with van der Waals surface area (Å²) in [6.07, 6.45) is 5.43. The zero-order valence-electron chi connectivity index (χ0n) is 20.5. The summed E-state index contributed by atoms with van der Waals surface area (Å²) in [5.74, 6) is 0.288. The lowest BCUT2D eigenvalue weighted by Gasteiger charge is -2.32. The van der Waals surface area contributed by atoms with E-state index in [0.29, 0.717) is 42.0 Å². The largest absolute Gasteiger partial charge is 0.508 e. The number of amides is 1. The lowest BCUT2D eigenvalue weighted by molar-refractivity contribution is -0.122. The van der Waals surface area contributed by atoms with E-state index in [-0.39, 0.29) is 23.2 Å². The Morgan fingerprint density at radius 2 is 2.08 bits per heavy atom. The van der Waals surface area contributed by atoms with Crippen molar-refractivity contribution >= 4 is 22.4 Å². The molecule has 3 heterocycles. The Labute approximate surface area is 208 Å². The topological polar surface area (TPSA) is 110 Å². The highest BCUT2D eigenvalue weighted by Gasteiger charge is 2.24. The Morgan fingerprint density at radius 1 is 1.28 bits per heavy atom. The molecule has 1 aliphatic rings. The van der Waals surface area contributed by atoms with Gasteiger partial charge in [-0.2, -0.15) is 5.10 Å². The maximum atomic E-state index is 15.6. The van der Waals surface area contributed by atoms with Crippen LogP contribution in [0.3, 0.4) is 0 Å². The van der Waals surface area contributed by atoms with Crippen LogP contribution in [-0.4, -0.2) is 62.3 Å². The number of nitrogens with one attached hydrogen (secondary N) is 3. The second-order valence-electron chi connectivity index (χ2n) is 9.15. The first kappa shape index (κ1) is 23.7. The highest BCUT2D eigenvalue weighted by molar-refractivity contribution is 5.95. The lowest BCUT2D eigenvalue weighted by Crippen LogP contribution is -2.43. The molecule has 8 nitrogen and oxygen atoms in total. The van der Waals surface area contributed by atoms with Crippen LogP contribution in [0.15, 0.2) is 42.6 Å². The molecule has 5 rings (SSSR count). The zero-order valence-corrected chi connectivity index (χ0v) is 20.5. The van der Waals surface area contributed by atoms with Crippen LogP contribution in [-0.2, 0) is 11.2 Å². The molecule has 1 amide bonds. The van der Waals surface area contributed by atoms with Gasteiger partial charge < -0.3 is 15.4 Å². The fraction of sp³-hybridized carbons (Fsp3) is 0.296. The summed E-state index contributed by atoms with van der Waals surface area (Å²) < 4.78 is 15.6. The molecule has 0 unspecified atom stereocenters. The van der Waals surface area contributed by atoms with E-state index in [1.165, 1.54) is 0 Å². The van der Waals surface area contributed by atoms with Gasteiger partial charge in [0, 0.05) is 30.6 Å². The van der Waals surface area contributed by atoms with E-state index in [0.717, 1.165) is 28.8 Å². The first-order chi connectivity index (χ1) is 17.4. The summed E-state index contributed by atoms with van der Waals surface area (Å²) >= 11 is 0. The average Bonchev–Trinajstić information content (AvgIpc) is 3.53. The fourth-order valence-electron chi connectivity index (χ4n) is 4.75. The lowest BCUT2D eigenvalue weighted by atomic mass is 9.96. The van der Waals surface area contributed by atoms with Crippen LogP contribution in [0.2, 0.25) is 0 Å². The zero-order chi connectivity index (χ0) is 25.4. The van der Waals surface area contributed by atoms with E-state index >= 15 is 4.39 Å². The smallest absolute Gasteiger partial charge is 0.233 e. The van der Waals surface area contributed by atoms with Crippen LogP contribution >= 0.6 is 0 Å². The highest BCUT2D eigenvalue weighted by atomic mass is 19.1. The molecule has 0 saturated carbocycles. The normalized spacial score (nSPS) is 16.3. The number of hydrogen-bond donors (Lipinski definition) is 4. The number of aromatic nitrogens is 4. The SMILES string of the molecule is CCc1cc(O)ccc1-c1ccc2c(-c3ncc(C4=CC[C@H](C)N(CC(=O)NC)C4)[nH]3)[nH]nc2c1F. The number of nitrogens with zero attached hydrogens (tertiary/aromatic N) is 3. The van der Waals surface area contributed by atoms with Crippen molar-refractivity contribution in [3.63, 3.8) is 0 Å². The maximum absolute atomic E-state index is 15.6. The number of rotatable bonds is 6. The van der Waals surface area contributed by atoms with Crippen LogP contribution in [0.4, 0.5) is 4.39 Å². The number of imidazole rings is 1. The van der Waals surface area contributed by atoms with Crippen molar-refractivity contribution in [2.75, 3.05) is 20.1 Å². The van der Waals surface area contributed by atoms with Crippen molar-refractivity contribution in [1.82, 2.24) is 30.4 Å². The third kappa shape index (κ3) is 4.26. The number of phenolic OH excluding ortho intramolecular Hbond substituents is 1. The van der Waals surface area contributed by atoms with Gasteiger partial charge >= 0.3 is 0 Å². The third-order valence-corrected chi connectivity index (χ3v) is 6.91. The Morgan fingerprint density at radius 3 is 2.86 bits per heavy atom. The molecule has 1 aliphatic heterocycles. The van der Waals surface area contributed by atoms with Gasteiger partial charge in [0.25, 0.3) is 0 Å². The third-order valence-electron chi connectivity index (χ3n) is 6.91. The second kappa shape index (κ2) is 9.58. The number of aromatic hydroxyl groups is 1. The predicted octanol–water partition coefficient (Wildman–Crippen LogP) is 4.25. The molecule has 0 spiro atoms. The van der Waals surface area contributed by atoms with Gasteiger partial charge in [-0.3, -0.25) is 14.8 Å². The van der Waals surface area contributed by atoms with Gasteiger partial charge in [0.05, 0.1) is 18.4 Å². The molecule has 2 aromatic heterocycles. The molecule has 1 atom stereocenters. The van der Waals surface area contributed by atoms with Crippen molar-refractivity contribution in [2.24, 2.45) is 0 Å². The van der Waals surface area contributed by atoms with Gasteiger partial charge in [-0.25, -0.2) is 9.37 Å². The van der Waals surface area contributed by atoms with E-state index in [1.54, 1.807) is 37.5 Å². The number of H-pyrrole nitrogens is 2. The number of fused-ring (bicyclic) bond motifs is 1. The van der Waals surface area contributed by atoms with Crippen molar-refractivity contribution in [3.8, 4) is 28.4 Å². The summed E-state index contributed by atoms with van der Waals surface area (Å²) in [4.78, 5) is 21.9. The van der Waals surface area contributed by atoms with Crippen LogP contribution in [0.1, 0.15) is 31.5 Å². The van der Waals surface area contributed by atoms with E-state index in [1.807, 2.05) is 13.0 Å². The summed E-state index contributed by atoms with van der Waals surface area (Å²) in [5, 5.41) is 20.3. The number of carbonyl (C=O) groups is 1. The number of likely N-dealkylation sites (N-methyl/N-ethyl adjacent to an activating group) is 1.